The first kappa shape index (κ1) is 37.4. The first-order valence-electron chi connectivity index (χ1n) is 18.3. The molecule has 0 radical (unpaired) electrons. The molecule has 1 heterocycles. The molecule has 1 aliphatic heterocycles. The van der Waals surface area contributed by atoms with Crippen molar-refractivity contribution in [2.45, 2.75) is 123 Å². The fraction of sp³-hybridized carbons (Fsp3) is 0.650. The topological polar surface area (TPSA) is 103 Å². The van der Waals surface area contributed by atoms with Crippen molar-refractivity contribution in [1.82, 2.24) is 5.32 Å². The van der Waals surface area contributed by atoms with Crippen LogP contribution in [0.15, 0.2) is 42.5 Å². The molecule has 49 heavy (non-hydrogen) atoms. The summed E-state index contributed by atoms with van der Waals surface area (Å²) in [6.45, 7) is 11.2. The van der Waals surface area contributed by atoms with Gasteiger partial charge in [-0.1, -0.05) is 96.0 Å². The van der Waals surface area contributed by atoms with E-state index in [4.69, 9.17) is 30.5 Å². The van der Waals surface area contributed by atoms with E-state index in [-0.39, 0.29) is 41.6 Å². The molecule has 2 aromatic carbocycles. The van der Waals surface area contributed by atoms with E-state index in [1.807, 2.05) is 25.1 Å². The second-order valence-corrected chi connectivity index (χ2v) is 16.4. The second kappa shape index (κ2) is 16.0. The molecule has 2 aliphatic carbocycles. The standard InChI is InChI=1S/C40H56ClNO7/c1-27(42-24-33(43)29-13-12-18-32(41)23-29)21-28-19-20-34-35(22-28)49-40(48-34,36(44)46-25-38(2,3)30-14-8-6-9-15-30)37(45)47-26-39(4,5)31-16-10-7-11-17-31/h12-13,18-20,22-23,27,30-31,33,42-43H,6-11,14-17,21,24-26H2,1-5H3/t27-,33+/m1/s1. The number of halogens is 1. The van der Waals surface area contributed by atoms with Crippen LogP contribution < -0.4 is 14.8 Å². The van der Waals surface area contributed by atoms with Gasteiger partial charge < -0.3 is 29.4 Å². The highest BCUT2D eigenvalue weighted by Crippen LogP contribution is 2.44. The zero-order valence-electron chi connectivity index (χ0n) is 30.0. The van der Waals surface area contributed by atoms with Crippen molar-refractivity contribution in [2.75, 3.05) is 19.8 Å². The summed E-state index contributed by atoms with van der Waals surface area (Å²) in [6.07, 6.45) is 11.5. The third-order valence-corrected chi connectivity index (χ3v) is 11.3. The number of hydrogen-bond acceptors (Lipinski definition) is 8. The average molecular weight is 698 g/mol. The number of nitrogens with one attached hydrogen (secondary N) is 1. The maximum Gasteiger partial charge on any atom is 0.453 e. The number of aliphatic hydroxyl groups excluding tert-OH is 1. The molecule has 3 aliphatic rings. The number of ether oxygens (including phenoxy) is 4. The lowest BCUT2D eigenvalue weighted by molar-refractivity contribution is -0.207. The molecule has 2 atom stereocenters. The Morgan fingerprint density at radius 2 is 1.41 bits per heavy atom. The minimum atomic E-state index is -2.38. The molecule has 0 aromatic heterocycles. The van der Waals surface area contributed by atoms with Crippen molar-refractivity contribution in [1.29, 1.82) is 0 Å². The van der Waals surface area contributed by atoms with E-state index in [0.717, 1.165) is 36.8 Å². The van der Waals surface area contributed by atoms with Gasteiger partial charge in [-0.25, -0.2) is 9.59 Å². The third-order valence-electron chi connectivity index (χ3n) is 11.1. The molecular formula is C40H56ClNO7. The van der Waals surface area contributed by atoms with E-state index in [0.29, 0.717) is 29.8 Å². The molecule has 270 valence electrons. The van der Waals surface area contributed by atoms with E-state index in [1.54, 1.807) is 24.3 Å². The Labute approximate surface area is 297 Å². The highest BCUT2D eigenvalue weighted by atomic mass is 35.5. The first-order chi connectivity index (χ1) is 23.3. The van der Waals surface area contributed by atoms with Gasteiger partial charge in [0.2, 0.25) is 0 Å². The largest absolute Gasteiger partial charge is 0.459 e. The fourth-order valence-electron chi connectivity index (χ4n) is 7.69. The van der Waals surface area contributed by atoms with Crippen molar-refractivity contribution in [3.05, 3.63) is 58.6 Å². The van der Waals surface area contributed by atoms with E-state index in [2.05, 4.69) is 33.0 Å². The number of carbonyl (C=O) groups excluding carboxylic acids is 2. The lowest BCUT2D eigenvalue weighted by Gasteiger charge is -2.37. The van der Waals surface area contributed by atoms with Crippen LogP contribution in [0.3, 0.4) is 0 Å². The molecule has 0 saturated heterocycles. The maximum absolute atomic E-state index is 14.0. The van der Waals surface area contributed by atoms with E-state index in [1.165, 1.54) is 38.5 Å². The molecule has 2 N–H and O–H groups in total. The Bertz CT molecular complexity index is 1380. The molecular weight excluding hydrogens is 642 g/mol. The van der Waals surface area contributed by atoms with Crippen LogP contribution in [0, 0.1) is 22.7 Å². The summed E-state index contributed by atoms with van der Waals surface area (Å²) in [5.41, 5.74) is 1.14. The van der Waals surface area contributed by atoms with Crippen LogP contribution in [-0.2, 0) is 25.5 Å². The molecule has 2 aromatic rings. The van der Waals surface area contributed by atoms with Crippen molar-refractivity contribution < 1.29 is 33.6 Å². The summed E-state index contributed by atoms with van der Waals surface area (Å²) in [6, 6.07) is 12.6. The second-order valence-electron chi connectivity index (χ2n) is 16.0. The van der Waals surface area contributed by atoms with Gasteiger partial charge >= 0.3 is 17.7 Å². The predicted octanol–water partition coefficient (Wildman–Crippen LogP) is 8.36. The Hall–Kier alpha value is -2.81. The Morgan fingerprint density at radius 1 is 0.857 bits per heavy atom. The number of rotatable bonds is 14. The zero-order valence-corrected chi connectivity index (χ0v) is 30.8. The highest BCUT2D eigenvalue weighted by molar-refractivity contribution is 6.30. The van der Waals surface area contributed by atoms with Gasteiger partial charge in [-0.05, 0) is 86.3 Å². The Kier molecular flexibility index (Phi) is 12.3. The van der Waals surface area contributed by atoms with Crippen LogP contribution in [0.1, 0.15) is 116 Å². The summed E-state index contributed by atoms with van der Waals surface area (Å²) in [4.78, 5) is 27.9. The van der Waals surface area contributed by atoms with Crippen LogP contribution in [-0.4, -0.2) is 48.6 Å². The van der Waals surface area contributed by atoms with Crippen molar-refractivity contribution >= 4 is 23.5 Å². The molecule has 0 bridgehead atoms. The molecule has 0 unspecified atom stereocenters. The average Bonchev–Trinajstić information content (AvgIpc) is 3.49. The Balaban J connectivity index is 1.27. The number of carbonyl (C=O) groups is 2. The first-order valence-corrected chi connectivity index (χ1v) is 18.7. The van der Waals surface area contributed by atoms with Crippen LogP contribution in [0.4, 0.5) is 0 Å². The molecule has 0 amide bonds. The summed E-state index contributed by atoms with van der Waals surface area (Å²) in [5.74, 6) is -2.72. The van der Waals surface area contributed by atoms with Gasteiger partial charge in [0.25, 0.3) is 0 Å². The minimum Gasteiger partial charge on any atom is -0.459 e. The van der Waals surface area contributed by atoms with Gasteiger partial charge in [0.15, 0.2) is 11.5 Å². The van der Waals surface area contributed by atoms with Gasteiger partial charge in [-0.2, -0.15) is 0 Å². The monoisotopic (exact) mass is 697 g/mol. The van der Waals surface area contributed by atoms with Crippen LogP contribution >= 0.6 is 11.6 Å². The molecule has 0 spiro atoms. The highest BCUT2D eigenvalue weighted by Gasteiger charge is 2.60. The van der Waals surface area contributed by atoms with Crippen molar-refractivity contribution in [2.24, 2.45) is 22.7 Å². The molecule has 2 saturated carbocycles. The SMILES string of the molecule is C[C@H](Cc1ccc2c(c1)OC(C(=O)OCC(C)(C)C1CCCCC1)(C(=O)OCC(C)(C)C1CCCCC1)O2)NC[C@H](O)c1cccc(Cl)c1. The summed E-state index contributed by atoms with van der Waals surface area (Å²) >= 11 is 6.09. The molecule has 2 fully saturated rings. The third kappa shape index (κ3) is 9.30. The maximum atomic E-state index is 14.0. The lowest BCUT2D eigenvalue weighted by atomic mass is 9.71. The molecule has 8 nitrogen and oxygen atoms in total. The van der Waals surface area contributed by atoms with Crippen LogP contribution in [0.2, 0.25) is 5.02 Å². The summed E-state index contributed by atoms with van der Waals surface area (Å²) < 4.78 is 24.1. The van der Waals surface area contributed by atoms with E-state index >= 15 is 0 Å². The fourth-order valence-corrected chi connectivity index (χ4v) is 7.89. The zero-order chi connectivity index (χ0) is 35.2. The number of benzene rings is 2. The quantitative estimate of drug-likeness (QED) is 0.150. The Morgan fingerprint density at radius 3 is 1.96 bits per heavy atom. The number of fused-ring (bicyclic) bond motifs is 1. The van der Waals surface area contributed by atoms with Crippen molar-refractivity contribution in [3.8, 4) is 11.5 Å². The number of hydrogen-bond donors (Lipinski definition) is 2. The van der Waals surface area contributed by atoms with Crippen LogP contribution in [0.25, 0.3) is 0 Å². The van der Waals surface area contributed by atoms with E-state index < -0.39 is 23.8 Å². The van der Waals surface area contributed by atoms with Gasteiger partial charge in [-0.3, -0.25) is 0 Å². The van der Waals surface area contributed by atoms with Gasteiger partial charge in [-0.15, -0.1) is 0 Å². The number of esters is 2. The predicted molar refractivity (Wildman–Crippen MR) is 191 cm³/mol. The lowest BCUT2D eigenvalue weighted by Crippen LogP contribution is -2.57. The van der Waals surface area contributed by atoms with Gasteiger partial charge in [0, 0.05) is 28.4 Å². The number of aliphatic hydroxyl groups is 1. The van der Waals surface area contributed by atoms with Crippen LogP contribution in [0.5, 0.6) is 11.5 Å². The normalized spacial score (nSPS) is 19.7. The van der Waals surface area contributed by atoms with Crippen molar-refractivity contribution in [3.63, 3.8) is 0 Å². The smallest absolute Gasteiger partial charge is 0.453 e. The summed E-state index contributed by atoms with van der Waals surface area (Å²) in [7, 11) is 0. The molecule has 9 heteroatoms. The minimum absolute atomic E-state index is 0.00192. The van der Waals surface area contributed by atoms with Gasteiger partial charge in [0.1, 0.15) is 0 Å². The molecule has 5 rings (SSSR count). The summed E-state index contributed by atoms with van der Waals surface area (Å²) in [5, 5.41) is 14.6. The van der Waals surface area contributed by atoms with Gasteiger partial charge in [0.05, 0.1) is 19.3 Å². The van der Waals surface area contributed by atoms with E-state index in [9.17, 15) is 14.7 Å².